The summed E-state index contributed by atoms with van der Waals surface area (Å²) in [4.78, 5) is 5.23. The number of fused-ring (bicyclic) bond motifs is 3. The first-order chi connectivity index (χ1) is 16.7. The fourth-order valence-electron chi connectivity index (χ4n) is 6.98. The molecule has 0 radical (unpaired) electrons. The van der Waals surface area contributed by atoms with E-state index in [0.717, 1.165) is 51.9 Å². The topological polar surface area (TPSA) is 21.2 Å². The van der Waals surface area contributed by atoms with Gasteiger partial charge in [0.05, 0.1) is 10.9 Å². The Bertz CT molecular complexity index is 1670. The SMILES string of the molecule is CCC1(C)c2cc(F)cc3nc(-c4c(C)cc(C)cc4C)n4c5ccccc5[n+](c4c23)C1(C)CC. The molecule has 0 bridgehead atoms. The standard InChI is InChI=1S/C31H33FN3/c1-8-30(6)22-16-21(32)17-23-27(22)29-34(28(33-23)26-19(4)14-18(3)15-20(26)5)24-12-10-11-13-25(24)35(29)31(30,7)9-2/h10-17H,8-9H2,1-7H3/q+1. The minimum Gasteiger partial charge on any atom is -0.216 e. The van der Waals surface area contributed by atoms with Crippen molar-refractivity contribution >= 4 is 27.6 Å². The van der Waals surface area contributed by atoms with Gasteiger partial charge >= 0.3 is 0 Å². The van der Waals surface area contributed by atoms with E-state index in [1.807, 2.05) is 0 Å². The summed E-state index contributed by atoms with van der Waals surface area (Å²) in [6.45, 7) is 15.6. The molecule has 4 heteroatoms. The van der Waals surface area contributed by atoms with E-state index >= 15 is 4.39 Å². The molecule has 178 valence electrons. The average molecular weight is 467 g/mol. The second-order valence-corrected chi connectivity index (χ2v) is 10.9. The minimum atomic E-state index is -0.247. The maximum Gasteiger partial charge on any atom is 0.299 e. The van der Waals surface area contributed by atoms with Gasteiger partial charge in [0.15, 0.2) is 11.0 Å². The summed E-state index contributed by atoms with van der Waals surface area (Å²) in [7, 11) is 0. The second-order valence-electron chi connectivity index (χ2n) is 10.9. The Kier molecular flexibility index (Phi) is 4.52. The Hall–Kier alpha value is -3.27. The van der Waals surface area contributed by atoms with Gasteiger partial charge in [-0.3, -0.25) is 0 Å². The highest BCUT2D eigenvalue weighted by Crippen LogP contribution is 2.50. The lowest BCUT2D eigenvalue weighted by Gasteiger charge is -2.46. The first kappa shape index (κ1) is 22.2. The van der Waals surface area contributed by atoms with Gasteiger partial charge in [0.1, 0.15) is 11.4 Å². The zero-order valence-corrected chi connectivity index (χ0v) is 21.8. The molecule has 0 aliphatic carbocycles. The number of rotatable bonds is 3. The highest BCUT2D eigenvalue weighted by molar-refractivity contribution is 5.99. The molecule has 0 spiro atoms. The van der Waals surface area contributed by atoms with Gasteiger partial charge in [0.25, 0.3) is 5.65 Å². The third-order valence-corrected chi connectivity index (χ3v) is 9.10. The zero-order chi connectivity index (χ0) is 24.9. The fraction of sp³-hybridized carbons (Fsp3) is 0.355. The van der Waals surface area contributed by atoms with Crippen LogP contribution >= 0.6 is 0 Å². The fourth-order valence-corrected chi connectivity index (χ4v) is 6.98. The van der Waals surface area contributed by atoms with Crippen molar-refractivity contribution in [1.29, 1.82) is 0 Å². The average Bonchev–Trinajstić information content (AvgIpc) is 3.17. The largest absolute Gasteiger partial charge is 0.299 e. The molecular formula is C31H33FN3+. The number of aryl methyl sites for hydroxylation is 3. The molecule has 1 aliphatic heterocycles. The molecule has 0 amide bonds. The smallest absolute Gasteiger partial charge is 0.216 e. The van der Waals surface area contributed by atoms with E-state index in [0.29, 0.717) is 0 Å². The van der Waals surface area contributed by atoms with Crippen LogP contribution in [0.2, 0.25) is 0 Å². The molecule has 0 fully saturated rings. The molecule has 1 aliphatic rings. The van der Waals surface area contributed by atoms with Gasteiger partial charge in [-0.25, -0.2) is 13.9 Å². The van der Waals surface area contributed by atoms with Crippen molar-refractivity contribution in [3.63, 3.8) is 0 Å². The summed E-state index contributed by atoms with van der Waals surface area (Å²) in [6.07, 6.45) is 1.84. The van der Waals surface area contributed by atoms with Gasteiger partial charge in [0.2, 0.25) is 5.82 Å². The molecule has 5 aromatic rings. The number of para-hydroxylation sites is 2. The van der Waals surface area contributed by atoms with E-state index < -0.39 is 0 Å². The van der Waals surface area contributed by atoms with Crippen molar-refractivity contribution in [2.75, 3.05) is 0 Å². The molecule has 2 aromatic heterocycles. The lowest BCUT2D eigenvalue weighted by Crippen LogP contribution is -2.66. The van der Waals surface area contributed by atoms with E-state index in [1.54, 1.807) is 12.1 Å². The maximum atomic E-state index is 15.2. The summed E-state index contributed by atoms with van der Waals surface area (Å²) >= 11 is 0. The molecule has 3 aromatic carbocycles. The van der Waals surface area contributed by atoms with Crippen molar-refractivity contribution in [3.8, 4) is 11.4 Å². The highest BCUT2D eigenvalue weighted by atomic mass is 19.1. The molecule has 2 atom stereocenters. The third-order valence-electron chi connectivity index (χ3n) is 9.10. The first-order valence-electron chi connectivity index (χ1n) is 12.7. The highest BCUT2D eigenvalue weighted by Gasteiger charge is 2.55. The summed E-state index contributed by atoms with van der Waals surface area (Å²) in [5.41, 5.74) is 9.51. The van der Waals surface area contributed by atoms with Crippen molar-refractivity contribution in [2.45, 2.75) is 72.3 Å². The normalized spacial score (nSPS) is 21.6. The molecule has 0 saturated heterocycles. The Morgan fingerprint density at radius 1 is 0.943 bits per heavy atom. The van der Waals surface area contributed by atoms with E-state index in [2.05, 4.69) is 93.8 Å². The Morgan fingerprint density at radius 2 is 1.63 bits per heavy atom. The predicted octanol–water partition coefficient (Wildman–Crippen LogP) is 7.47. The van der Waals surface area contributed by atoms with Crippen molar-refractivity contribution in [3.05, 3.63) is 76.6 Å². The number of benzene rings is 3. The number of aromatic nitrogens is 3. The van der Waals surface area contributed by atoms with Crippen molar-refractivity contribution < 1.29 is 8.96 Å². The van der Waals surface area contributed by atoms with Gasteiger partial charge in [-0.15, -0.1) is 0 Å². The van der Waals surface area contributed by atoms with Crippen LogP contribution in [-0.2, 0) is 11.0 Å². The molecule has 3 heterocycles. The van der Waals surface area contributed by atoms with Crippen LogP contribution in [0, 0.1) is 26.6 Å². The van der Waals surface area contributed by atoms with Crippen LogP contribution in [0.4, 0.5) is 4.39 Å². The number of hydrogen-bond donors (Lipinski definition) is 0. The first-order valence-corrected chi connectivity index (χ1v) is 12.7. The monoisotopic (exact) mass is 466 g/mol. The lowest BCUT2D eigenvalue weighted by molar-refractivity contribution is -0.728. The Labute approximate surface area is 206 Å². The lowest BCUT2D eigenvalue weighted by atomic mass is 9.62. The van der Waals surface area contributed by atoms with Crippen LogP contribution in [0.3, 0.4) is 0 Å². The van der Waals surface area contributed by atoms with Gasteiger partial charge in [-0.05, 0) is 75.4 Å². The van der Waals surface area contributed by atoms with Gasteiger partial charge in [0, 0.05) is 17.0 Å². The van der Waals surface area contributed by atoms with Gasteiger partial charge in [-0.1, -0.05) is 50.6 Å². The minimum absolute atomic E-state index is 0.213. The van der Waals surface area contributed by atoms with Crippen LogP contribution in [0.25, 0.3) is 39.0 Å². The second kappa shape index (κ2) is 7.13. The summed E-state index contributed by atoms with van der Waals surface area (Å²) < 4.78 is 20.1. The Balaban J connectivity index is 1.97. The Morgan fingerprint density at radius 3 is 2.29 bits per heavy atom. The maximum absolute atomic E-state index is 15.2. The molecule has 0 saturated carbocycles. The molecule has 2 unspecified atom stereocenters. The molecule has 35 heavy (non-hydrogen) atoms. The summed E-state index contributed by atoms with van der Waals surface area (Å²) in [5, 5.41) is 1.07. The van der Waals surface area contributed by atoms with Crippen LogP contribution < -0.4 is 4.57 Å². The van der Waals surface area contributed by atoms with Crippen LogP contribution in [0.15, 0.2) is 48.5 Å². The van der Waals surface area contributed by atoms with Crippen molar-refractivity contribution in [2.24, 2.45) is 0 Å². The molecular weight excluding hydrogens is 433 g/mol. The zero-order valence-electron chi connectivity index (χ0n) is 21.8. The molecule has 0 N–H and O–H groups in total. The summed E-state index contributed by atoms with van der Waals surface area (Å²) in [5.74, 6) is 0.669. The number of hydrogen-bond acceptors (Lipinski definition) is 1. The number of nitrogens with zero attached hydrogens (tertiary/aromatic N) is 3. The van der Waals surface area contributed by atoms with E-state index in [9.17, 15) is 0 Å². The van der Waals surface area contributed by atoms with Gasteiger partial charge in [-0.2, -0.15) is 4.40 Å². The number of imidazole rings is 1. The van der Waals surface area contributed by atoms with Crippen molar-refractivity contribution in [1.82, 2.24) is 9.38 Å². The van der Waals surface area contributed by atoms with E-state index in [1.165, 1.54) is 22.2 Å². The predicted molar refractivity (Wildman–Crippen MR) is 142 cm³/mol. The third kappa shape index (κ3) is 2.60. The van der Waals surface area contributed by atoms with E-state index in [-0.39, 0.29) is 16.8 Å². The quantitative estimate of drug-likeness (QED) is 0.253. The van der Waals surface area contributed by atoms with Gasteiger partial charge < -0.3 is 0 Å². The van der Waals surface area contributed by atoms with E-state index in [4.69, 9.17) is 4.98 Å². The van der Waals surface area contributed by atoms with Crippen LogP contribution in [0.5, 0.6) is 0 Å². The summed E-state index contributed by atoms with van der Waals surface area (Å²) in [6, 6.07) is 16.5. The molecule has 3 nitrogen and oxygen atoms in total. The number of halogens is 1. The van der Waals surface area contributed by atoms with Crippen LogP contribution in [0.1, 0.15) is 62.8 Å². The molecule has 6 rings (SSSR count). The van der Waals surface area contributed by atoms with Crippen LogP contribution in [-0.4, -0.2) is 9.38 Å².